The third-order valence-corrected chi connectivity index (χ3v) is 7.26. The second kappa shape index (κ2) is 9.46. The van der Waals surface area contributed by atoms with Gasteiger partial charge in [-0.2, -0.15) is 18.3 Å². The maximum absolute atomic E-state index is 14.6. The van der Waals surface area contributed by atoms with Crippen molar-refractivity contribution in [3.8, 4) is 0 Å². The van der Waals surface area contributed by atoms with Gasteiger partial charge in [0.2, 0.25) is 0 Å². The normalized spacial score (nSPS) is 17.2. The van der Waals surface area contributed by atoms with E-state index in [9.17, 15) is 26.7 Å². The molecule has 10 heteroatoms. The Hall–Kier alpha value is -3.43. The number of benzene rings is 2. The number of fused-ring (bicyclic) bond motifs is 1. The van der Waals surface area contributed by atoms with Crippen LogP contribution in [-0.4, -0.2) is 15.7 Å². The molecule has 37 heavy (non-hydrogen) atoms. The molecule has 0 spiro atoms. The smallest absolute Gasteiger partial charge is 0.363 e. The molecule has 2 N–H and O–H groups in total. The lowest BCUT2D eigenvalue weighted by molar-refractivity contribution is -0.137. The number of alkyl halides is 3. The number of rotatable bonds is 6. The Kier molecular flexibility index (Phi) is 6.81. The first-order valence-corrected chi connectivity index (χ1v) is 12.1. The number of anilines is 1. The molecule has 5 nitrogen and oxygen atoms in total. The van der Waals surface area contributed by atoms with E-state index in [4.69, 9.17) is 0 Å². The van der Waals surface area contributed by atoms with Crippen LogP contribution in [-0.2, 0) is 17.3 Å². The summed E-state index contributed by atoms with van der Waals surface area (Å²) < 4.78 is 69.0. The molecule has 2 aromatic carbocycles. The van der Waals surface area contributed by atoms with Gasteiger partial charge in [-0.15, -0.1) is 0 Å². The Morgan fingerprint density at radius 3 is 2.27 bits per heavy atom. The molecule has 1 atom stereocenters. The van der Waals surface area contributed by atoms with Crippen molar-refractivity contribution in [2.75, 3.05) is 5.32 Å². The third-order valence-electron chi connectivity index (χ3n) is 7.26. The summed E-state index contributed by atoms with van der Waals surface area (Å²) in [6.45, 7) is 7.52. The first-order valence-electron chi connectivity index (χ1n) is 12.1. The van der Waals surface area contributed by atoms with E-state index in [0.29, 0.717) is 30.6 Å². The van der Waals surface area contributed by atoms with E-state index in [0.717, 1.165) is 18.2 Å². The summed E-state index contributed by atoms with van der Waals surface area (Å²) >= 11 is 0. The fourth-order valence-electron chi connectivity index (χ4n) is 5.06. The molecule has 0 bridgehead atoms. The summed E-state index contributed by atoms with van der Waals surface area (Å²) in [6.07, 6.45) is -1.73. The van der Waals surface area contributed by atoms with E-state index in [1.165, 1.54) is 30.5 Å². The zero-order valence-electron chi connectivity index (χ0n) is 21.0. The largest absolute Gasteiger partial charge is 0.416 e. The van der Waals surface area contributed by atoms with Crippen LogP contribution in [0.5, 0.6) is 0 Å². The van der Waals surface area contributed by atoms with Gasteiger partial charge in [-0.25, -0.2) is 13.5 Å². The molecular weight excluding hydrogens is 491 g/mol. The van der Waals surface area contributed by atoms with E-state index in [1.807, 2.05) is 27.7 Å². The van der Waals surface area contributed by atoms with Crippen LogP contribution < -0.4 is 10.6 Å². The van der Waals surface area contributed by atoms with E-state index < -0.39 is 46.4 Å². The third kappa shape index (κ3) is 4.93. The number of amides is 1. The lowest BCUT2D eigenvalue weighted by Gasteiger charge is -2.39. The number of nitrogens with zero attached hydrogens (tertiary/aromatic N) is 2. The fraction of sp³-hybridized carbons (Fsp3) is 0.407. The molecule has 2 heterocycles. The van der Waals surface area contributed by atoms with Crippen LogP contribution in [0.25, 0.3) is 0 Å². The molecule has 0 radical (unpaired) electrons. The first-order chi connectivity index (χ1) is 17.3. The predicted octanol–water partition coefficient (Wildman–Crippen LogP) is 6.92. The lowest BCUT2D eigenvalue weighted by atomic mass is 9.84. The second-order valence-corrected chi connectivity index (χ2v) is 10.0. The Morgan fingerprint density at radius 2 is 1.70 bits per heavy atom. The molecule has 1 unspecified atom stereocenters. The summed E-state index contributed by atoms with van der Waals surface area (Å²) in [4.78, 5) is 13.6. The van der Waals surface area contributed by atoms with Gasteiger partial charge in [0.25, 0.3) is 5.91 Å². The van der Waals surface area contributed by atoms with Crippen LogP contribution in [0.3, 0.4) is 0 Å². The average Bonchev–Trinajstić information content (AvgIpc) is 3.27. The van der Waals surface area contributed by atoms with Crippen LogP contribution >= 0.6 is 0 Å². The molecule has 1 aliphatic heterocycles. The van der Waals surface area contributed by atoms with Crippen molar-refractivity contribution in [3.05, 3.63) is 82.5 Å². The zero-order valence-corrected chi connectivity index (χ0v) is 21.0. The molecule has 1 aromatic heterocycles. The van der Waals surface area contributed by atoms with E-state index in [1.54, 1.807) is 4.68 Å². The number of halogens is 5. The topological polar surface area (TPSA) is 59.0 Å². The molecule has 1 aliphatic rings. The molecule has 0 fully saturated rings. The summed E-state index contributed by atoms with van der Waals surface area (Å²) in [5.74, 6) is -1.45. The van der Waals surface area contributed by atoms with Crippen molar-refractivity contribution in [2.24, 2.45) is 0 Å². The highest BCUT2D eigenvalue weighted by Crippen LogP contribution is 2.41. The highest BCUT2D eigenvalue weighted by molar-refractivity contribution is 5.99. The van der Waals surface area contributed by atoms with Gasteiger partial charge >= 0.3 is 6.18 Å². The van der Waals surface area contributed by atoms with Crippen molar-refractivity contribution >= 4 is 11.7 Å². The summed E-state index contributed by atoms with van der Waals surface area (Å²) in [6, 6.07) is 7.65. The van der Waals surface area contributed by atoms with Gasteiger partial charge in [0.05, 0.1) is 28.9 Å². The number of aromatic nitrogens is 2. The maximum atomic E-state index is 14.6. The summed E-state index contributed by atoms with van der Waals surface area (Å²) in [5.41, 5.74) is -1.22. The van der Waals surface area contributed by atoms with E-state index in [-0.39, 0.29) is 11.1 Å². The quantitative estimate of drug-likeness (QED) is 0.347. The summed E-state index contributed by atoms with van der Waals surface area (Å²) in [5, 5.41) is 10.6. The minimum Gasteiger partial charge on any atom is -0.363 e. The van der Waals surface area contributed by atoms with E-state index in [2.05, 4.69) is 15.7 Å². The Bertz CT molecular complexity index is 1290. The van der Waals surface area contributed by atoms with Gasteiger partial charge in [0.15, 0.2) is 0 Å². The Morgan fingerprint density at radius 1 is 1.08 bits per heavy atom. The zero-order chi connectivity index (χ0) is 27.2. The molecule has 0 aliphatic carbocycles. The highest BCUT2D eigenvalue weighted by Gasteiger charge is 2.39. The van der Waals surface area contributed by atoms with Crippen LogP contribution in [0.15, 0.2) is 48.7 Å². The van der Waals surface area contributed by atoms with Crippen molar-refractivity contribution in [1.82, 2.24) is 15.1 Å². The van der Waals surface area contributed by atoms with E-state index >= 15 is 0 Å². The number of nitrogens with one attached hydrogen (secondary N) is 2. The second-order valence-electron chi connectivity index (χ2n) is 10.0. The molecule has 198 valence electrons. The fourth-order valence-corrected chi connectivity index (χ4v) is 5.06. The van der Waals surface area contributed by atoms with Crippen LogP contribution in [0.4, 0.5) is 27.8 Å². The minimum atomic E-state index is -4.46. The van der Waals surface area contributed by atoms with Crippen LogP contribution in [0.2, 0.25) is 0 Å². The van der Waals surface area contributed by atoms with Crippen molar-refractivity contribution in [3.63, 3.8) is 0 Å². The van der Waals surface area contributed by atoms with Gasteiger partial charge < -0.3 is 10.6 Å². The molecule has 3 aromatic rings. The molecule has 1 amide bonds. The SMILES string of the molecule is CCC(CC)(NC(=O)c1cnn2c1NC(c1ccc(F)cc1F)CC2(C)C)c1ccc(C(F)(F)F)cc1. The minimum absolute atomic E-state index is 0.221. The lowest BCUT2D eigenvalue weighted by Crippen LogP contribution is -2.45. The average molecular weight is 521 g/mol. The van der Waals surface area contributed by atoms with Gasteiger partial charge in [0.1, 0.15) is 23.0 Å². The Balaban J connectivity index is 1.67. The van der Waals surface area contributed by atoms with Crippen LogP contribution in [0, 0.1) is 11.6 Å². The Labute approximate surface area is 212 Å². The van der Waals surface area contributed by atoms with Crippen molar-refractivity contribution < 1.29 is 26.7 Å². The monoisotopic (exact) mass is 520 g/mol. The van der Waals surface area contributed by atoms with Crippen molar-refractivity contribution in [1.29, 1.82) is 0 Å². The summed E-state index contributed by atoms with van der Waals surface area (Å²) in [7, 11) is 0. The number of carbonyl (C=O) groups excluding carboxylic acids is 1. The first kappa shape index (κ1) is 26.6. The molecule has 0 saturated heterocycles. The highest BCUT2D eigenvalue weighted by atomic mass is 19.4. The molecule has 4 rings (SSSR count). The molecular formula is C27H29F5N4O. The van der Waals surface area contributed by atoms with Gasteiger partial charge in [-0.3, -0.25) is 4.79 Å². The number of carbonyl (C=O) groups is 1. The van der Waals surface area contributed by atoms with Crippen molar-refractivity contribution in [2.45, 2.75) is 70.3 Å². The van der Waals surface area contributed by atoms with Gasteiger partial charge in [0, 0.05) is 11.6 Å². The van der Waals surface area contributed by atoms with Gasteiger partial charge in [-0.1, -0.05) is 32.0 Å². The standard InChI is InChI=1S/C27H29F5N4O/c1-5-26(6-2,16-7-9-17(10-8-16)27(30,31)32)35-24(37)20-15-33-36-23(20)34-22(14-25(36,3)4)19-12-11-18(28)13-21(19)29/h7-13,15,22,34H,5-6,14H2,1-4H3,(H,35,37). The molecule has 0 saturated carbocycles. The number of hydrogen-bond acceptors (Lipinski definition) is 3. The van der Waals surface area contributed by atoms with Crippen LogP contribution in [0.1, 0.15) is 80.0 Å². The van der Waals surface area contributed by atoms with Gasteiger partial charge in [-0.05, 0) is 56.9 Å². The maximum Gasteiger partial charge on any atom is 0.416 e. The number of hydrogen-bond donors (Lipinski definition) is 2. The predicted molar refractivity (Wildman–Crippen MR) is 130 cm³/mol.